The van der Waals surface area contributed by atoms with E-state index in [1.54, 1.807) is 11.1 Å². The van der Waals surface area contributed by atoms with Crippen LogP contribution < -0.4 is 5.73 Å². The molecule has 1 fully saturated rings. The van der Waals surface area contributed by atoms with Crippen molar-refractivity contribution in [2.75, 3.05) is 6.54 Å². The first-order chi connectivity index (χ1) is 6.42. The summed E-state index contributed by atoms with van der Waals surface area (Å²) in [7, 11) is 0. The zero-order valence-electron chi connectivity index (χ0n) is 7.74. The van der Waals surface area contributed by atoms with Crippen LogP contribution in [0.25, 0.3) is 0 Å². The fraction of sp³-hybridized carbons (Fsp3) is 0.500. The molecule has 0 unspecified atom stereocenters. The van der Waals surface area contributed by atoms with Gasteiger partial charge in [0.05, 0.1) is 0 Å². The van der Waals surface area contributed by atoms with Crippen molar-refractivity contribution >= 4 is 0 Å². The van der Waals surface area contributed by atoms with Crippen molar-refractivity contribution in [3.63, 3.8) is 0 Å². The smallest absolute Gasteiger partial charge is 0.00400 e. The van der Waals surface area contributed by atoms with E-state index in [1.807, 2.05) is 0 Å². The van der Waals surface area contributed by atoms with Crippen LogP contribution in [0, 0.1) is 11.8 Å². The summed E-state index contributed by atoms with van der Waals surface area (Å²) in [6.45, 7) is 0.879. The van der Waals surface area contributed by atoms with Gasteiger partial charge in [0, 0.05) is 0 Å². The molecule has 2 aliphatic rings. The summed E-state index contributed by atoms with van der Waals surface area (Å²) in [5, 5.41) is 0. The monoisotopic (exact) mass is 173 g/mol. The summed E-state index contributed by atoms with van der Waals surface area (Å²) in [4.78, 5) is 0. The summed E-state index contributed by atoms with van der Waals surface area (Å²) >= 11 is 0. The lowest BCUT2D eigenvalue weighted by atomic mass is 9.92. The topological polar surface area (TPSA) is 26.0 Å². The molecule has 68 valence electrons. The molecule has 1 saturated carbocycles. The lowest BCUT2D eigenvalue weighted by molar-refractivity contribution is 0.634. The van der Waals surface area contributed by atoms with Crippen molar-refractivity contribution in [1.82, 2.24) is 0 Å². The van der Waals surface area contributed by atoms with Crippen LogP contribution in [0.1, 0.15) is 23.5 Å². The van der Waals surface area contributed by atoms with E-state index < -0.39 is 0 Å². The molecule has 13 heavy (non-hydrogen) atoms. The molecule has 0 aromatic heterocycles. The second kappa shape index (κ2) is 2.58. The van der Waals surface area contributed by atoms with Crippen LogP contribution in [0.4, 0.5) is 0 Å². The molecule has 1 heteroatoms. The number of benzene rings is 1. The minimum absolute atomic E-state index is 0.795. The highest BCUT2D eigenvalue weighted by Crippen LogP contribution is 2.59. The highest BCUT2D eigenvalue weighted by Gasteiger charge is 2.51. The third-order valence-electron chi connectivity index (χ3n) is 3.76. The van der Waals surface area contributed by atoms with Gasteiger partial charge in [-0.1, -0.05) is 24.3 Å². The molecule has 3 rings (SSSR count). The summed E-state index contributed by atoms with van der Waals surface area (Å²) in [5.41, 5.74) is 8.91. The second-order valence-electron chi connectivity index (χ2n) is 4.33. The third kappa shape index (κ3) is 0.969. The molecule has 1 aromatic carbocycles. The van der Waals surface area contributed by atoms with Crippen molar-refractivity contribution < 1.29 is 0 Å². The molecule has 1 nitrogen and oxygen atoms in total. The second-order valence-corrected chi connectivity index (χ2v) is 4.33. The predicted molar refractivity (Wildman–Crippen MR) is 53.5 cm³/mol. The molecular formula is C12H15N. The van der Waals surface area contributed by atoms with Gasteiger partial charge < -0.3 is 5.73 Å². The Morgan fingerprint density at radius 2 is 2.15 bits per heavy atom. The summed E-state index contributed by atoms with van der Waals surface area (Å²) in [6.07, 6.45) is 2.64. The number of hydrogen-bond donors (Lipinski definition) is 1. The number of hydrogen-bond acceptors (Lipinski definition) is 1. The molecule has 0 heterocycles. The van der Waals surface area contributed by atoms with Crippen molar-refractivity contribution in [3.8, 4) is 0 Å². The summed E-state index contributed by atoms with van der Waals surface area (Å²) in [6, 6.07) is 8.88. The van der Waals surface area contributed by atoms with Gasteiger partial charge in [-0.25, -0.2) is 0 Å². The minimum atomic E-state index is 0.795. The minimum Gasteiger partial charge on any atom is -0.330 e. The molecule has 0 bridgehead atoms. The Bertz CT molecular complexity index is 328. The average Bonchev–Trinajstić information content (AvgIpc) is 2.91. The van der Waals surface area contributed by atoms with E-state index in [9.17, 15) is 0 Å². The van der Waals surface area contributed by atoms with Crippen LogP contribution in [0.3, 0.4) is 0 Å². The van der Waals surface area contributed by atoms with E-state index in [0.717, 1.165) is 24.3 Å². The Kier molecular flexibility index (Phi) is 1.50. The van der Waals surface area contributed by atoms with E-state index in [2.05, 4.69) is 24.3 Å². The van der Waals surface area contributed by atoms with Gasteiger partial charge >= 0.3 is 0 Å². The Hall–Kier alpha value is -0.820. The van der Waals surface area contributed by atoms with Crippen LogP contribution in [0.15, 0.2) is 24.3 Å². The van der Waals surface area contributed by atoms with Gasteiger partial charge in [0.1, 0.15) is 0 Å². The van der Waals surface area contributed by atoms with Gasteiger partial charge in [0.25, 0.3) is 0 Å². The molecule has 0 saturated heterocycles. The van der Waals surface area contributed by atoms with Gasteiger partial charge in [-0.05, 0) is 48.3 Å². The maximum absolute atomic E-state index is 5.75. The van der Waals surface area contributed by atoms with Crippen molar-refractivity contribution in [1.29, 1.82) is 0 Å². The Balaban J connectivity index is 2.00. The van der Waals surface area contributed by atoms with Crippen LogP contribution in [-0.2, 0) is 6.42 Å². The van der Waals surface area contributed by atoms with Gasteiger partial charge in [-0.15, -0.1) is 0 Å². The highest BCUT2D eigenvalue weighted by molar-refractivity contribution is 5.39. The Morgan fingerprint density at radius 3 is 3.00 bits per heavy atom. The fourth-order valence-electron chi connectivity index (χ4n) is 3.03. The van der Waals surface area contributed by atoms with Crippen LogP contribution in [0.2, 0.25) is 0 Å². The summed E-state index contributed by atoms with van der Waals surface area (Å²) < 4.78 is 0. The highest BCUT2D eigenvalue weighted by atomic mass is 14.7. The Labute approximate surface area is 78.9 Å². The van der Waals surface area contributed by atoms with Gasteiger partial charge in [0.2, 0.25) is 0 Å². The van der Waals surface area contributed by atoms with Gasteiger partial charge in [-0.3, -0.25) is 0 Å². The quantitative estimate of drug-likeness (QED) is 0.690. The number of aryl methyl sites for hydroxylation is 1. The lowest BCUT2D eigenvalue weighted by Gasteiger charge is -2.13. The normalized spacial score (nSPS) is 35.0. The number of nitrogens with two attached hydrogens (primary N) is 1. The van der Waals surface area contributed by atoms with Crippen LogP contribution >= 0.6 is 0 Å². The SMILES string of the molecule is NC[C@@H]1[C@@H]2CCc3ccccc3[C@@H]12. The molecule has 1 aromatic rings. The average molecular weight is 173 g/mol. The van der Waals surface area contributed by atoms with Crippen molar-refractivity contribution in [2.45, 2.75) is 18.8 Å². The Morgan fingerprint density at radius 1 is 1.31 bits per heavy atom. The molecule has 3 atom stereocenters. The van der Waals surface area contributed by atoms with Crippen molar-refractivity contribution in [3.05, 3.63) is 35.4 Å². The molecule has 2 N–H and O–H groups in total. The first-order valence-corrected chi connectivity index (χ1v) is 5.19. The fourth-order valence-corrected chi connectivity index (χ4v) is 3.03. The third-order valence-corrected chi connectivity index (χ3v) is 3.76. The van der Waals surface area contributed by atoms with Crippen LogP contribution in [-0.4, -0.2) is 6.54 Å². The molecule has 0 amide bonds. The molecule has 0 aliphatic heterocycles. The van der Waals surface area contributed by atoms with E-state index in [-0.39, 0.29) is 0 Å². The van der Waals surface area contributed by atoms with E-state index in [0.29, 0.717) is 0 Å². The number of rotatable bonds is 1. The molecule has 0 spiro atoms. The number of fused-ring (bicyclic) bond motifs is 3. The molecular weight excluding hydrogens is 158 g/mol. The first kappa shape index (κ1) is 7.57. The van der Waals surface area contributed by atoms with Gasteiger partial charge in [0.15, 0.2) is 0 Å². The van der Waals surface area contributed by atoms with Crippen LogP contribution in [0.5, 0.6) is 0 Å². The zero-order valence-corrected chi connectivity index (χ0v) is 7.74. The molecule has 0 radical (unpaired) electrons. The maximum atomic E-state index is 5.75. The predicted octanol–water partition coefficient (Wildman–Crippen LogP) is 1.92. The van der Waals surface area contributed by atoms with E-state index >= 15 is 0 Å². The largest absolute Gasteiger partial charge is 0.330 e. The first-order valence-electron chi connectivity index (χ1n) is 5.19. The standard InChI is InChI=1S/C12H15N/c13-7-11-10-6-5-8-3-1-2-4-9(8)12(10)11/h1-4,10-12H,5-7,13H2/t10-,11+,12+/m0/s1. The maximum Gasteiger partial charge on any atom is -0.00400 e. The van der Waals surface area contributed by atoms with E-state index in [4.69, 9.17) is 5.73 Å². The molecule has 2 aliphatic carbocycles. The zero-order chi connectivity index (χ0) is 8.84. The van der Waals surface area contributed by atoms with Gasteiger partial charge in [-0.2, -0.15) is 0 Å². The lowest BCUT2D eigenvalue weighted by Crippen LogP contribution is -2.02. The van der Waals surface area contributed by atoms with E-state index in [1.165, 1.54) is 12.8 Å². The van der Waals surface area contributed by atoms with Crippen molar-refractivity contribution in [2.24, 2.45) is 17.6 Å². The summed E-state index contributed by atoms with van der Waals surface area (Å²) in [5.74, 6) is 2.53.